The summed E-state index contributed by atoms with van der Waals surface area (Å²) in [6.07, 6.45) is -0.307. The molecule has 0 spiro atoms. The van der Waals surface area contributed by atoms with E-state index in [-0.39, 0.29) is 12.1 Å². The van der Waals surface area contributed by atoms with E-state index in [1.165, 1.54) is 5.56 Å². The number of hydrogen-bond acceptors (Lipinski definition) is 3. The molecule has 1 aliphatic rings. The summed E-state index contributed by atoms with van der Waals surface area (Å²) < 4.78 is 5.00. The number of nitrogens with two attached hydrogens (primary N) is 1. The Morgan fingerprint density at radius 2 is 2.19 bits per heavy atom. The molecule has 0 radical (unpaired) electrons. The lowest BCUT2D eigenvalue weighted by molar-refractivity contribution is 0.179. The van der Waals surface area contributed by atoms with Crippen molar-refractivity contribution in [3.8, 4) is 0 Å². The summed E-state index contributed by atoms with van der Waals surface area (Å²) in [7, 11) is 0. The third-order valence-corrected chi connectivity index (χ3v) is 3.00. The Morgan fingerprint density at radius 1 is 1.44 bits per heavy atom. The van der Waals surface area contributed by atoms with Crippen molar-refractivity contribution >= 4 is 11.8 Å². The van der Waals surface area contributed by atoms with Crippen LogP contribution in [0, 0.1) is 13.8 Å². The van der Waals surface area contributed by atoms with Gasteiger partial charge < -0.3 is 10.5 Å². The highest BCUT2D eigenvalue weighted by molar-refractivity contribution is 5.90. The first kappa shape index (κ1) is 11.0. The average Bonchev–Trinajstić information content (AvgIpc) is 2.64. The van der Waals surface area contributed by atoms with Gasteiger partial charge in [0.05, 0.1) is 6.04 Å². The van der Waals surface area contributed by atoms with Gasteiger partial charge in [0.15, 0.2) is 0 Å². The largest absolute Gasteiger partial charge is 0.447 e. The number of nitrogens with zero attached hydrogens (tertiary/aromatic N) is 1. The minimum Gasteiger partial charge on any atom is -0.447 e. The molecule has 16 heavy (non-hydrogen) atoms. The standard InChI is InChI=1S/C12H16N2O2/c1-8-3-4-10(5-9(8)2)14-11(6-13)7-16-12(14)15/h3-5,11H,6-7,13H2,1-2H3. The molecular formula is C12H16N2O2. The second-order valence-electron chi connectivity index (χ2n) is 4.11. The molecule has 1 fully saturated rings. The smallest absolute Gasteiger partial charge is 0.414 e. The Kier molecular flexibility index (Phi) is 2.83. The van der Waals surface area contributed by atoms with Crippen molar-refractivity contribution in [1.82, 2.24) is 0 Å². The first-order chi connectivity index (χ1) is 7.63. The molecule has 1 aromatic rings. The predicted molar refractivity (Wildman–Crippen MR) is 62.6 cm³/mol. The topological polar surface area (TPSA) is 55.6 Å². The first-order valence-corrected chi connectivity index (χ1v) is 5.37. The van der Waals surface area contributed by atoms with Crippen LogP contribution in [0.3, 0.4) is 0 Å². The van der Waals surface area contributed by atoms with Crippen LogP contribution < -0.4 is 10.6 Å². The van der Waals surface area contributed by atoms with Crippen LogP contribution in [0.4, 0.5) is 10.5 Å². The van der Waals surface area contributed by atoms with Crippen molar-refractivity contribution < 1.29 is 9.53 Å². The number of aryl methyl sites for hydroxylation is 2. The lowest BCUT2D eigenvalue weighted by Gasteiger charge is -2.20. The fourth-order valence-electron chi connectivity index (χ4n) is 1.83. The highest BCUT2D eigenvalue weighted by Crippen LogP contribution is 2.24. The van der Waals surface area contributed by atoms with Gasteiger partial charge in [0.1, 0.15) is 6.61 Å². The van der Waals surface area contributed by atoms with E-state index in [9.17, 15) is 4.79 Å². The van der Waals surface area contributed by atoms with E-state index in [0.717, 1.165) is 11.3 Å². The minimum absolute atomic E-state index is 0.0467. The predicted octanol–water partition coefficient (Wildman–Crippen LogP) is 1.59. The van der Waals surface area contributed by atoms with Gasteiger partial charge in [-0.15, -0.1) is 0 Å². The molecule has 0 aromatic heterocycles. The minimum atomic E-state index is -0.307. The van der Waals surface area contributed by atoms with Crippen molar-refractivity contribution in [3.63, 3.8) is 0 Å². The summed E-state index contributed by atoms with van der Waals surface area (Å²) in [5.74, 6) is 0. The highest BCUT2D eigenvalue weighted by atomic mass is 16.6. The van der Waals surface area contributed by atoms with Gasteiger partial charge in [0.2, 0.25) is 0 Å². The second kappa shape index (κ2) is 4.14. The molecule has 1 atom stereocenters. The Morgan fingerprint density at radius 3 is 2.81 bits per heavy atom. The van der Waals surface area contributed by atoms with Crippen LogP contribution in [0.25, 0.3) is 0 Å². The molecule has 4 nitrogen and oxygen atoms in total. The van der Waals surface area contributed by atoms with E-state index in [4.69, 9.17) is 10.5 Å². The van der Waals surface area contributed by atoms with Crippen LogP contribution >= 0.6 is 0 Å². The van der Waals surface area contributed by atoms with Crippen molar-refractivity contribution in [3.05, 3.63) is 29.3 Å². The van der Waals surface area contributed by atoms with Crippen molar-refractivity contribution in [2.45, 2.75) is 19.9 Å². The first-order valence-electron chi connectivity index (χ1n) is 5.37. The SMILES string of the molecule is Cc1ccc(N2C(=O)OCC2CN)cc1C. The number of cyclic esters (lactones) is 1. The lowest BCUT2D eigenvalue weighted by atomic mass is 10.1. The Labute approximate surface area is 95.0 Å². The number of rotatable bonds is 2. The molecule has 1 amide bonds. The van der Waals surface area contributed by atoms with Gasteiger partial charge in [-0.3, -0.25) is 4.90 Å². The van der Waals surface area contributed by atoms with Crippen molar-refractivity contribution in [2.24, 2.45) is 5.73 Å². The van der Waals surface area contributed by atoms with Gasteiger partial charge in [0.25, 0.3) is 0 Å². The van der Waals surface area contributed by atoms with Crippen molar-refractivity contribution in [2.75, 3.05) is 18.1 Å². The zero-order valence-electron chi connectivity index (χ0n) is 9.56. The molecule has 1 unspecified atom stereocenters. The summed E-state index contributed by atoms with van der Waals surface area (Å²) in [6, 6.07) is 5.88. The third-order valence-electron chi connectivity index (χ3n) is 3.00. The molecule has 1 heterocycles. The molecule has 1 aromatic carbocycles. The summed E-state index contributed by atoms with van der Waals surface area (Å²) in [5.41, 5.74) is 8.85. The number of benzene rings is 1. The molecule has 0 bridgehead atoms. The maximum absolute atomic E-state index is 11.6. The number of amides is 1. The van der Waals surface area contributed by atoms with Gasteiger partial charge in [-0.2, -0.15) is 0 Å². The number of anilines is 1. The van der Waals surface area contributed by atoms with E-state index in [1.54, 1.807) is 4.90 Å². The highest BCUT2D eigenvalue weighted by Gasteiger charge is 2.33. The monoisotopic (exact) mass is 220 g/mol. The molecule has 0 saturated carbocycles. The van der Waals surface area contributed by atoms with Crippen LogP contribution in [0.5, 0.6) is 0 Å². The van der Waals surface area contributed by atoms with E-state index in [1.807, 2.05) is 32.0 Å². The van der Waals surface area contributed by atoms with Gasteiger partial charge in [-0.1, -0.05) is 6.07 Å². The summed E-state index contributed by atoms with van der Waals surface area (Å²) in [6.45, 7) is 4.86. The Balaban J connectivity index is 2.35. The van der Waals surface area contributed by atoms with Crippen LogP contribution in [-0.2, 0) is 4.74 Å². The molecule has 1 saturated heterocycles. The fraction of sp³-hybridized carbons (Fsp3) is 0.417. The van der Waals surface area contributed by atoms with Gasteiger partial charge in [-0.25, -0.2) is 4.79 Å². The normalized spacial score (nSPS) is 20.1. The zero-order chi connectivity index (χ0) is 11.7. The zero-order valence-corrected chi connectivity index (χ0v) is 9.56. The molecule has 4 heteroatoms. The molecule has 2 rings (SSSR count). The van der Waals surface area contributed by atoms with Crippen molar-refractivity contribution in [1.29, 1.82) is 0 Å². The van der Waals surface area contributed by atoms with Crippen LogP contribution in [0.15, 0.2) is 18.2 Å². The van der Waals surface area contributed by atoms with E-state index in [0.29, 0.717) is 13.2 Å². The second-order valence-corrected chi connectivity index (χ2v) is 4.11. The van der Waals surface area contributed by atoms with Gasteiger partial charge in [0, 0.05) is 12.2 Å². The number of hydrogen-bond donors (Lipinski definition) is 1. The maximum Gasteiger partial charge on any atom is 0.414 e. The summed E-state index contributed by atoms with van der Waals surface area (Å²) in [4.78, 5) is 13.2. The third kappa shape index (κ3) is 1.76. The quantitative estimate of drug-likeness (QED) is 0.823. The van der Waals surface area contributed by atoms with Crippen LogP contribution in [0.2, 0.25) is 0 Å². The summed E-state index contributed by atoms with van der Waals surface area (Å²) >= 11 is 0. The van der Waals surface area contributed by atoms with Crippen LogP contribution in [-0.4, -0.2) is 25.3 Å². The van der Waals surface area contributed by atoms with E-state index >= 15 is 0 Å². The fourth-order valence-corrected chi connectivity index (χ4v) is 1.83. The van der Waals surface area contributed by atoms with E-state index in [2.05, 4.69) is 0 Å². The number of ether oxygens (including phenoxy) is 1. The molecule has 2 N–H and O–H groups in total. The van der Waals surface area contributed by atoms with Gasteiger partial charge >= 0.3 is 6.09 Å². The lowest BCUT2D eigenvalue weighted by Crippen LogP contribution is -2.38. The molecule has 86 valence electrons. The van der Waals surface area contributed by atoms with Gasteiger partial charge in [-0.05, 0) is 37.1 Å². The summed E-state index contributed by atoms with van der Waals surface area (Å²) in [5, 5.41) is 0. The number of carbonyl (C=O) groups excluding carboxylic acids is 1. The average molecular weight is 220 g/mol. The van der Waals surface area contributed by atoms with Crippen LogP contribution in [0.1, 0.15) is 11.1 Å². The Hall–Kier alpha value is -1.55. The number of carbonyl (C=O) groups is 1. The molecule has 0 aliphatic carbocycles. The Bertz CT molecular complexity index is 417. The molecule has 1 aliphatic heterocycles. The van der Waals surface area contributed by atoms with E-state index < -0.39 is 0 Å². The molecular weight excluding hydrogens is 204 g/mol. The maximum atomic E-state index is 11.6.